The summed E-state index contributed by atoms with van der Waals surface area (Å²) < 4.78 is 7.53. The number of piperidine rings is 1. The number of carbonyl (C=O) groups is 2. The lowest BCUT2D eigenvalue weighted by Crippen LogP contribution is -2.45. The van der Waals surface area contributed by atoms with Gasteiger partial charge in [0.15, 0.2) is 0 Å². The Hall–Kier alpha value is -2.74. The second-order valence-electron chi connectivity index (χ2n) is 8.73. The highest BCUT2D eigenvalue weighted by molar-refractivity contribution is 5.95. The fourth-order valence-electron chi connectivity index (χ4n) is 5.05. The van der Waals surface area contributed by atoms with Crippen LogP contribution in [0.3, 0.4) is 0 Å². The van der Waals surface area contributed by atoms with Crippen molar-refractivity contribution in [2.75, 3.05) is 32.7 Å². The van der Waals surface area contributed by atoms with Gasteiger partial charge in [-0.25, -0.2) is 0 Å². The van der Waals surface area contributed by atoms with Crippen LogP contribution in [0.5, 0.6) is 0 Å². The molecule has 30 heavy (non-hydrogen) atoms. The van der Waals surface area contributed by atoms with E-state index in [-0.39, 0.29) is 18.0 Å². The Morgan fingerprint density at radius 3 is 2.57 bits per heavy atom. The van der Waals surface area contributed by atoms with Gasteiger partial charge in [0.1, 0.15) is 18.8 Å². The molecule has 1 spiro atoms. The summed E-state index contributed by atoms with van der Waals surface area (Å²) in [5.41, 5.74) is 1.08. The Balaban J connectivity index is 1.22. The topological polar surface area (TPSA) is 80.6 Å². The van der Waals surface area contributed by atoms with E-state index in [2.05, 4.69) is 15.1 Å². The summed E-state index contributed by atoms with van der Waals surface area (Å²) >= 11 is 0. The van der Waals surface area contributed by atoms with Crippen molar-refractivity contribution in [3.8, 4) is 5.69 Å². The average molecular weight is 409 g/mol. The number of amides is 1. The Bertz CT molecular complexity index is 915. The van der Waals surface area contributed by atoms with Gasteiger partial charge in [-0.15, -0.1) is 10.2 Å². The number of nitrogens with zero attached hydrogens (tertiary/aromatic N) is 5. The highest BCUT2D eigenvalue weighted by Crippen LogP contribution is 2.43. The normalized spacial score (nSPS) is 23.8. The third-order valence-corrected chi connectivity index (χ3v) is 6.80. The molecule has 0 saturated carbocycles. The van der Waals surface area contributed by atoms with E-state index in [0.29, 0.717) is 31.5 Å². The lowest BCUT2D eigenvalue weighted by atomic mass is 9.76. The zero-order valence-electron chi connectivity index (χ0n) is 17.1. The molecule has 1 aromatic heterocycles. The molecule has 0 radical (unpaired) electrons. The molecule has 0 aliphatic carbocycles. The van der Waals surface area contributed by atoms with E-state index < -0.39 is 5.41 Å². The van der Waals surface area contributed by atoms with E-state index in [0.717, 1.165) is 31.7 Å². The van der Waals surface area contributed by atoms with Gasteiger partial charge < -0.3 is 9.64 Å². The quantitative estimate of drug-likeness (QED) is 0.718. The van der Waals surface area contributed by atoms with Crippen LogP contribution < -0.4 is 0 Å². The fourth-order valence-corrected chi connectivity index (χ4v) is 5.05. The summed E-state index contributed by atoms with van der Waals surface area (Å²) in [5.74, 6) is -0.0619. The van der Waals surface area contributed by atoms with Crippen molar-refractivity contribution >= 4 is 11.9 Å². The number of hydrogen-bond donors (Lipinski definition) is 0. The summed E-state index contributed by atoms with van der Waals surface area (Å²) in [6.07, 6.45) is 7.84. The van der Waals surface area contributed by atoms with Gasteiger partial charge in [-0.3, -0.25) is 19.1 Å². The van der Waals surface area contributed by atoms with E-state index in [1.54, 1.807) is 17.2 Å². The number of rotatable bonds is 4. The number of cyclic esters (lactones) is 1. The molecule has 8 nitrogen and oxygen atoms in total. The lowest BCUT2D eigenvalue weighted by molar-refractivity contribution is -0.150. The summed E-state index contributed by atoms with van der Waals surface area (Å²) in [5, 5.41) is 7.64. The van der Waals surface area contributed by atoms with E-state index in [4.69, 9.17) is 4.74 Å². The molecule has 1 aromatic carbocycles. The number of esters is 1. The van der Waals surface area contributed by atoms with Crippen LogP contribution in [0.25, 0.3) is 5.69 Å². The van der Waals surface area contributed by atoms with E-state index in [1.807, 2.05) is 29.2 Å². The minimum absolute atomic E-state index is 0.000226. The zero-order chi connectivity index (χ0) is 20.6. The number of carbonyl (C=O) groups excluding carboxylic acids is 2. The lowest BCUT2D eigenvalue weighted by Gasteiger charge is -2.36. The number of likely N-dealkylation sites (tertiary alicyclic amines) is 2. The molecule has 2 aromatic rings. The average Bonchev–Trinajstić information content (AvgIpc) is 3.52. The summed E-state index contributed by atoms with van der Waals surface area (Å²) in [6.45, 7) is 4.24. The van der Waals surface area contributed by atoms with E-state index in [9.17, 15) is 9.59 Å². The standard InChI is InChI=1S/C22H27N5O3/c28-20(17-4-3-5-18(12-17)27-15-23-24-16-27)26-10-6-22(7-11-26)13-19(30-21(22)29)14-25-8-1-2-9-25/h3-5,12,15-16,19H,1-2,6-11,13-14H2. The van der Waals surface area contributed by atoms with Gasteiger partial charge in [-0.05, 0) is 57.0 Å². The van der Waals surface area contributed by atoms with Crippen LogP contribution >= 0.6 is 0 Å². The number of aromatic nitrogens is 3. The highest BCUT2D eigenvalue weighted by Gasteiger charge is 2.51. The smallest absolute Gasteiger partial charge is 0.312 e. The first kappa shape index (κ1) is 19.2. The Morgan fingerprint density at radius 1 is 1.10 bits per heavy atom. The maximum absolute atomic E-state index is 13.1. The molecular formula is C22H27N5O3. The van der Waals surface area contributed by atoms with Gasteiger partial charge in [0.05, 0.1) is 5.41 Å². The second kappa shape index (κ2) is 7.83. The number of benzene rings is 1. The van der Waals surface area contributed by atoms with Gasteiger partial charge in [0.25, 0.3) is 5.91 Å². The maximum atomic E-state index is 13.1. The monoisotopic (exact) mass is 409 g/mol. The summed E-state index contributed by atoms with van der Waals surface area (Å²) in [7, 11) is 0. The summed E-state index contributed by atoms with van der Waals surface area (Å²) in [4.78, 5) is 30.0. The third kappa shape index (κ3) is 3.60. The molecule has 158 valence electrons. The van der Waals surface area contributed by atoms with Crippen LogP contribution in [0.4, 0.5) is 0 Å². The van der Waals surface area contributed by atoms with Crippen LogP contribution in [0, 0.1) is 5.41 Å². The molecule has 8 heteroatoms. The predicted octanol–water partition coefficient (Wildman–Crippen LogP) is 1.90. The first-order valence-electron chi connectivity index (χ1n) is 10.8. The molecule has 1 atom stereocenters. The number of ether oxygens (including phenoxy) is 1. The first-order chi connectivity index (χ1) is 14.6. The van der Waals surface area contributed by atoms with Gasteiger partial charge >= 0.3 is 5.97 Å². The molecule has 3 aliphatic rings. The van der Waals surface area contributed by atoms with Crippen molar-refractivity contribution in [1.82, 2.24) is 24.6 Å². The molecule has 3 aliphatic heterocycles. The van der Waals surface area contributed by atoms with Gasteiger partial charge in [0, 0.05) is 37.3 Å². The molecule has 5 rings (SSSR count). The Kier molecular flexibility index (Phi) is 5.02. The van der Waals surface area contributed by atoms with E-state index in [1.165, 1.54) is 12.8 Å². The van der Waals surface area contributed by atoms with E-state index >= 15 is 0 Å². The van der Waals surface area contributed by atoms with Crippen molar-refractivity contribution in [3.63, 3.8) is 0 Å². The molecule has 1 amide bonds. The maximum Gasteiger partial charge on any atom is 0.312 e. The molecule has 0 bridgehead atoms. The van der Waals surface area contributed by atoms with Crippen LogP contribution in [0.1, 0.15) is 42.5 Å². The van der Waals surface area contributed by atoms with Crippen LogP contribution in [-0.4, -0.2) is 75.3 Å². The molecular weight excluding hydrogens is 382 g/mol. The van der Waals surface area contributed by atoms with Crippen molar-refractivity contribution in [2.24, 2.45) is 5.41 Å². The molecule has 0 N–H and O–H groups in total. The fraction of sp³-hybridized carbons (Fsp3) is 0.545. The van der Waals surface area contributed by atoms with Crippen LogP contribution in [-0.2, 0) is 9.53 Å². The molecule has 3 fully saturated rings. The predicted molar refractivity (Wildman–Crippen MR) is 109 cm³/mol. The van der Waals surface area contributed by atoms with Crippen LogP contribution in [0.15, 0.2) is 36.9 Å². The largest absolute Gasteiger partial charge is 0.461 e. The van der Waals surface area contributed by atoms with Gasteiger partial charge in [-0.1, -0.05) is 6.07 Å². The van der Waals surface area contributed by atoms with Gasteiger partial charge in [0.2, 0.25) is 0 Å². The van der Waals surface area contributed by atoms with Crippen LogP contribution in [0.2, 0.25) is 0 Å². The van der Waals surface area contributed by atoms with Crippen molar-refractivity contribution in [1.29, 1.82) is 0 Å². The third-order valence-electron chi connectivity index (χ3n) is 6.80. The minimum atomic E-state index is -0.411. The second-order valence-corrected chi connectivity index (χ2v) is 8.73. The minimum Gasteiger partial charge on any atom is -0.461 e. The molecule has 3 saturated heterocycles. The Labute approximate surface area is 175 Å². The zero-order valence-corrected chi connectivity index (χ0v) is 17.1. The Morgan fingerprint density at radius 2 is 1.83 bits per heavy atom. The van der Waals surface area contributed by atoms with Crippen molar-refractivity contribution < 1.29 is 14.3 Å². The SMILES string of the molecule is O=C(c1cccc(-n2cnnc2)c1)N1CCC2(CC1)CC(CN1CCCC1)OC2=O. The molecule has 1 unspecified atom stereocenters. The summed E-state index contributed by atoms with van der Waals surface area (Å²) in [6, 6.07) is 7.47. The number of hydrogen-bond acceptors (Lipinski definition) is 6. The highest BCUT2D eigenvalue weighted by atomic mass is 16.6. The molecule has 4 heterocycles. The van der Waals surface area contributed by atoms with Crippen molar-refractivity contribution in [3.05, 3.63) is 42.5 Å². The van der Waals surface area contributed by atoms with Gasteiger partial charge in [-0.2, -0.15) is 0 Å². The van der Waals surface area contributed by atoms with Crippen molar-refractivity contribution in [2.45, 2.75) is 38.2 Å². The first-order valence-corrected chi connectivity index (χ1v) is 10.8.